The third-order valence-corrected chi connectivity index (χ3v) is 3.95. The van der Waals surface area contributed by atoms with E-state index in [1.54, 1.807) is 6.20 Å². The average Bonchev–Trinajstić information content (AvgIpc) is 2.62. The molecule has 1 aliphatic rings. The summed E-state index contributed by atoms with van der Waals surface area (Å²) >= 11 is 0. The number of para-hydroxylation sites is 1. The number of hydrogen-bond donors (Lipinski definition) is 0. The third-order valence-electron chi connectivity index (χ3n) is 3.95. The Hall–Kier alpha value is -2.56. The summed E-state index contributed by atoms with van der Waals surface area (Å²) in [6.45, 7) is 1.84. The van der Waals surface area contributed by atoms with Gasteiger partial charge in [-0.15, -0.1) is 0 Å². The average molecular weight is 315 g/mol. The number of ether oxygens (including phenoxy) is 2. The van der Waals surface area contributed by atoms with Gasteiger partial charge in [-0.3, -0.25) is 0 Å². The first-order valence-electron chi connectivity index (χ1n) is 7.39. The van der Waals surface area contributed by atoms with Crippen LogP contribution in [0.4, 0.5) is 5.69 Å². The van der Waals surface area contributed by atoms with E-state index in [1.807, 2.05) is 43.1 Å². The number of methoxy groups -OCH3 is 2. The molecule has 0 aliphatic carbocycles. The fourth-order valence-electron chi connectivity index (χ4n) is 2.72. The Morgan fingerprint density at radius 1 is 1.04 bits per heavy atom. The number of benzene rings is 1. The van der Waals surface area contributed by atoms with Gasteiger partial charge < -0.3 is 14.4 Å². The number of anilines is 1. The van der Waals surface area contributed by atoms with E-state index in [1.165, 1.54) is 14.2 Å². The normalized spacial score (nSPS) is 20.3. The summed E-state index contributed by atoms with van der Waals surface area (Å²) in [6, 6.07) is 7.96. The minimum atomic E-state index is -0.559. The molecule has 1 aromatic rings. The first-order valence-corrected chi connectivity index (χ1v) is 7.39. The van der Waals surface area contributed by atoms with Crippen molar-refractivity contribution in [2.75, 3.05) is 26.2 Å². The molecule has 0 amide bonds. The van der Waals surface area contributed by atoms with Gasteiger partial charge in [-0.2, -0.15) is 0 Å². The molecular weight excluding hydrogens is 294 g/mol. The van der Waals surface area contributed by atoms with Crippen LogP contribution in [-0.2, 0) is 25.5 Å². The number of allylic oxidation sites excluding steroid dienone is 1. The zero-order valence-corrected chi connectivity index (χ0v) is 13.9. The van der Waals surface area contributed by atoms with E-state index in [9.17, 15) is 9.59 Å². The molecule has 0 spiro atoms. The summed E-state index contributed by atoms with van der Waals surface area (Å²) < 4.78 is 9.73. The van der Waals surface area contributed by atoms with Crippen molar-refractivity contribution in [3.63, 3.8) is 0 Å². The maximum atomic E-state index is 12.2. The van der Waals surface area contributed by atoms with Crippen LogP contribution in [0, 0.1) is 0 Å². The van der Waals surface area contributed by atoms with Crippen LogP contribution in [0.5, 0.6) is 0 Å². The number of esters is 2. The molecule has 122 valence electrons. The predicted molar refractivity (Wildman–Crippen MR) is 88.0 cm³/mol. The Kier molecular flexibility index (Phi) is 5.21. The highest BCUT2D eigenvalue weighted by atomic mass is 16.5. The van der Waals surface area contributed by atoms with Gasteiger partial charge in [0.1, 0.15) is 0 Å². The van der Waals surface area contributed by atoms with Crippen LogP contribution in [0.15, 0.2) is 47.2 Å². The van der Waals surface area contributed by atoms with Crippen molar-refractivity contribution in [3.8, 4) is 0 Å². The number of nitrogens with zero attached hydrogens (tertiary/aromatic N) is 1. The molecule has 2 rings (SSSR count). The number of rotatable bonds is 2. The monoisotopic (exact) mass is 315 g/mol. The van der Waals surface area contributed by atoms with Crippen LogP contribution < -0.4 is 4.90 Å². The number of carbonyl (C=O) groups is 2. The van der Waals surface area contributed by atoms with Crippen molar-refractivity contribution in [2.24, 2.45) is 0 Å². The van der Waals surface area contributed by atoms with Gasteiger partial charge >= 0.3 is 11.9 Å². The minimum absolute atomic E-state index is 0.205. The van der Waals surface area contributed by atoms with Gasteiger partial charge in [-0.25, -0.2) is 9.59 Å². The largest absolute Gasteiger partial charge is 0.465 e. The van der Waals surface area contributed by atoms with Gasteiger partial charge in [-0.05, 0) is 31.4 Å². The van der Waals surface area contributed by atoms with Gasteiger partial charge in [-0.1, -0.05) is 23.8 Å². The smallest absolute Gasteiger partial charge is 0.340 e. The molecule has 0 unspecified atom stereocenters. The molecule has 0 saturated carbocycles. The molecule has 0 atom stereocenters. The lowest BCUT2D eigenvalue weighted by molar-refractivity contribution is -0.139. The predicted octanol–water partition coefficient (Wildman–Crippen LogP) is 2.62. The van der Waals surface area contributed by atoms with Crippen molar-refractivity contribution in [1.29, 1.82) is 0 Å². The van der Waals surface area contributed by atoms with Gasteiger partial charge in [0.05, 0.1) is 25.4 Å². The van der Waals surface area contributed by atoms with E-state index in [4.69, 9.17) is 9.47 Å². The Balaban J connectivity index is 2.65. The summed E-state index contributed by atoms with van der Waals surface area (Å²) in [5.41, 5.74) is 3.43. The van der Waals surface area contributed by atoms with Crippen molar-refractivity contribution < 1.29 is 19.1 Å². The van der Waals surface area contributed by atoms with E-state index < -0.39 is 11.9 Å². The van der Waals surface area contributed by atoms with Crippen molar-refractivity contribution in [2.45, 2.75) is 19.8 Å². The molecule has 5 nitrogen and oxygen atoms in total. The second-order valence-corrected chi connectivity index (χ2v) is 5.42. The molecular formula is C18H21NO4. The first kappa shape index (κ1) is 16.8. The highest BCUT2D eigenvalue weighted by Crippen LogP contribution is 2.29. The van der Waals surface area contributed by atoms with Crippen LogP contribution in [-0.4, -0.2) is 33.2 Å². The summed E-state index contributed by atoms with van der Waals surface area (Å²) in [6.07, 6.45) is 3.06. The Morgan fingerprint density at radius 2 is 1.70 bits per heavy atom. The number of hydrogen-bond acceptors (Lipinski definition) is 5. The first-order chi connectivity index (χ1) is 11.0. The van der Waals surface area contributed by atoms with E-state index in [0.717, 1.165) is 23.2 Å². The fourth-order valence-corrected chi connectivity index (χ4v) is 2.72. The zero-order chi connectivity index (χ0) is 17.0. The molecule has 0 fully saturated rings. The topological polar surface area (TPSA) is 55.8 Å². The Morgan fingerprint density at radius 3 is 2.35 bits per heavy atom. The molecule has 1 aromatic carbocycles. The molecule has 0 bridgehead atoms. The highest BCUT2D eigenvalue weighted by Gasteiger charge is 2.26. The van der Waals surface area contributed by atoms with Crippen LogP contribution in [0.1, 0.15) is 18.9 Å². The lowest BCUT2D eigenvalue weighted by Gasteiger charge is -2.19. The molecule has 0 aromatic heterocycles. The summed E-state index contributed by atoms with van der Waals surface area (Å²) in [4.78, 5) is 26.3. The number of aryl methyl sites for hydroxylation is 1. The zero-order valence-electron chi connectivity index (χ0n) is 13.9. The van der Waals surface area contributed by atoms with Gasteiger partial charge in [0.2, 0.25) is 0 Å². The van der Waals surface area contributed by atoms with E-state index >= 15 is 0 Å². The third kappa shape index (κ3) is 3.44. The number of carbonyl (C=O) groups excluding carboxylic acids is 2. The Bertz CT molecular complexity index is 688. The summed E-state index contributed by atoms with van der Waals surface area (Å²) in [7, 11) is 4.45. The number of fused-ring (bicyclic) bond motifs is 1. The quantitative estimate of drug-likeness (QED) is 0.785. The Labute approximate surface area is 136 Å². The van der Waals surface area contributed by atoms with E-state index in [-0.39, 0.29) is 11.1 Å². The van der Waals surface area contributed by atoms with Crippen LogP contribution >= 0.6 is 0 Å². The highest BCUT2D eigenvalue weighted by molar-refractivity contribution is 6.07. The SMILES string of the molecule is COC(=O)C1=C/N(C)c2ccccc2CC/C(C)=C\1C(=O)OC. The van der Waals surface area contributed by atoms with E-state index in [0.29, 0.717) is 6.42 Å². The maximum absolute atomic E-state index is 12.2. The molecule has 1 aliphatic heterocycles. The van der Waals surface area contributed by atoms with Crippen LogP contribution in [0.25, 0.3) is 0 Å². The van der Waals surface area contributed by atoms with E-state index in [2.05, 4.69) is 0 Å². The van der Waals surface area contributed by atoms with Crippen LogP contribution in [0.2, 0.25) is 0 Å². The second kappa shape index (κ2) is 7.13. The molecule has 0 saturated heterocycles. The molecule has 0 N–H and O–H groups in total. The molecule has 0 radical (unpaired) electrons. The van der Waals surface area contributed by atoms with Crippen LogP contribution in [0.3, 0.4) is 0 Å². The summed E-state index contributed by atoms with van der Waals surface area (Å²) in [5, 5.41) is 0. The lowest BCUT2D eigenvalue weighted by Crippen LogP contribution is -2.20. The van der Waals surface area contributed by atoms with Gasteiger partial charge in [0, 0.05) is 18.9 Å². The lowest BCUT2D eigenvalue weighted by atomic mass is 9.97. The fraction of sp³-hybridized carbons (Fsp3) is 0.333. The minimum Gasteiger partial charge on any atom is -0.465 e. The van der Waals surface area contributed by atoms with Crippen molar-refractivity contribution in [3.05, 3.63) is 52.7 Å². The maximum Gasteiger partial charge on any atom is 0.340 e. The van der Waals surface area contributed by atoms with Gasteiger partial charge in [0.15, 0.2) is 0 Å². The second-order valence-electron chi connectivity index (χ2n) is 5.42. The standard InChI is InChI=1S/C18H21NO4/c1-12-9-10-13-7-5-6-8-15(13)19(2)11-14(17(20)22-3)16(12)18(21)23-4/h5-8,11H,9-10H2,1-4H3/b14-11+,16-12+. The van der Waals surface area contributed by atoms with Gasteiger partial charge in [0.25, 0.3) is 0 Å². The molecule has 1 heterocycles. The molecule has 23 heavy (non-hydrogen) atoms. The molecule has 5 heteroatoms. The van der Waals surface area contributed by atoms with Crippen molar-refractivity contribution in [1.82, 2.24) is 0 Å². The summed E-state index contributed by atoms with van der Waals surface area (Å²) in [5.74, 6) is -1.09. The van der Waals surface area contributed by atoms with Crippen molar-refractivity contribution >= 4 is 17.6 Å².